The number of carbonyl (C=O) groups excluding carboxylic acids is 1. The maximum Gasteiger partial charge on any atom is 0.410 e. The number of piperidine rings is 1. The van der Waals surface area contributed by atoms with Crippen molar-refractivity contribution in [1.82, 2.24) is 14.9 Å². The van der Waals surface area contributed by atoms with E-state index >= 15 is 0 Å². The molecule has 1 aromatic rings. The molecule has 0 bridgehead atoms. The zero-order valence-corrected chi connectivity index (χ0v) is 17.4. The van der Waals surface area contributed by atoms with Gasteiger partial charge in [0, 0.05) is 18.5 Å². The van der Waals surface area contributed by atoms with Gasteiger partial charge in [-0.1, -0.05) is 0 Å². The van der Waals surface area contributed by atoms with Crippen LogP contribution in [0.15, 0.2) is 9.59 Å². The number of hydrogen-bond donors (Lipinski definition) is 2. The third kappa shape index (κ3) is 3.68. The molecule has 1 amide bonds. The Balaban J connectivity index is 1.52. The number of rotatable bonds is 0. The van der Waals surface area contributed by atoms with Gasteiger partial charge < -0.3 is 19.1 Å². The van der Waals surface area contributed by atoms with Crippen molar-refractivity contribution in [1.29, 1.82) is 0 Å². The van der Waals surface area contributed by atoms with Crippen LogP contribution < -0.4 is 16.0 Å². The molecule has 0 unspecified atom stereocenters. The first-order valence-electron chi connectivity index (χ1n) is 10.1. The van der Waals surface area contributed by atoms with Crippen molar-refractivity contribution in [3.63, 3.8) is 0 Å². The van der Waals surface area contributed by atoms with E-state index in [-0.39, 0.29) is 23.3 Å². The fraction of sp³-hybridized carbons (Fsp3) is 0.750. The topological polar surface area (TPSA) is 114 Å². The Bertz CT molecular complexity index is 921. The molecule has 0 aromatic carbocycles. The molecule has 9 nitrogen and oxygen atoms in total. The lowest BCUT2D eigenvalue weighted by atomic mass is 9.69. The summed E-state index contributed by atoms with van der Waals surface area (Å²) < 4.78 is 17.7. The van der Waals surface area contributed by atoms with Gasteiger partial charge in [-0.05, 0) is 47.0 Å². The molecule has 4 rings (SSSR count). The smallest absolute Gasteiger partial charge is 0.410 e. The summed E-state index contributed by atoms with van der Waals surface area (Å²) >= 11 is 0. The van der Waals surface area contributed by atoms with Gasteiger partial charge in [0.2, 0.25) is 5.88 Å². The van der Waals surface area contributed by atoms with Gasteiger partial charge in [-0.2, -0.15) is 0 Å². The fourth-order valence-corrected chi connectivity index (χ4v) is 4.90. The minimum absolute atomic E-state index is 0.156. The number of aromatic nitrogens is 2. The van der Waals surface area contributed by atoms with Crippen molar-refractivity contribution >= 4 is 6.09 Å². The average molecular weight is 407 g/mol. The number of nitrogens with one attached hydrogen (secondary N) is 2. The van der Waals surface area contributed by atoms with Crippen LogP contribution in [-0.4, -0.2) is 58.5 Å². The van der Waals surface area contributed by atoms with Crippen LogP contribution in [0.5, 0.6) is 5.88 Å². The van der Waals surface area contributed by atoms with E-state index in [9.17, 15) is 14.4 Å². The summed E-state index contributed by atoms with van der Waals surface area (Å²) in [5, 5.41) is 0. The Labute approximate surface area is 168 Å². The second-order valence-corrected chi connectivity index (χ2v) is 9.78. The quantitative estimate of drug-likeness (QED) is 0.677. The molecule has 2 atom stereocenters. The van der Waals surface area contributed by atoms with Crippen LogP contribution in [0, 0.1) is 5.41 Å². The van der Waals surface area contributed by atoms with Gasteiger partial charge in [-0.3, -0.25) is 14.8 Å². The SMILES string of the molecule is CC(C)(C)OC(=O)N1CCC2(CC1)COC[C@H]1c3c([nH]c(=O)[nH]c3=O)O[C@@]1(C)C2. The summed E-state index contributed by atoms with van der Waals surface area (Å²) in [5.41, 5.74) is -1.87. The highest BCUT2D eigenvalue weighted by Gasteiger charge is 2.54. The van der Waals surface area contributed by atoms with Crippen molar-refractivity contribution in [2.24, 2.45) is 5.41 Å². The molecule has 1 aromatic heterocycles. The number of fused-ring (bicyclic) bond motifs is 3. The molecule has 0 radical (unpaired) electrons. The number of aromatic amines is 2. The molecule has 9 heteroatoms. The lowest BCUT2D eigenvalue weighted by Gasteiger charge is -2.44. The number of likely N-dealkylation sites (tertiary alicyclic amines) is 1. The Kier molecular flexibility index (Phi) is 4.56. The molecule has 2 N–H and O–H groups in total. The van der Waals surface area contributed by atoms with E-state index in [2.05, 4.69) is 9.97 Å². The lowest BCUT2D eigenvalue weighted by Crippen LogP contribution is -2.49. The van der Waals surface area contributed by atoms with Crippen LogP contribution in [-0.2, 0) is 9.47 Å². The lowest BCUT2D eigenvalue weighted by molar-refractivity contribution is -0.0228. The summed E-state index contributed by atoms with van der Waals surface area (Å²) in [6, 6.07) is 0. The molecule has 0 aliphatic carbocycles. The van der Waals surface area contributed by atoms with Gasteiger partial charge in [0.15, 0.2) is 0 Å². The molecule has 29 heavy (non-hydrogen) atoms. The van der Waals surface area contributed by atoms with Gasteiger partial charge >= 0.3 is 11.8 Å². The highest BCUT2D eigenvalue weighted by molar-refractivity contribution is 5.68. The summed E-state index contributed by atoms with van der Waals surface area (Å²) in [4.78, 5) is 43.1. The molecule has 0 saturated carbocycles. The second kappa shape index (κ2) is 6.62. The third-order valence-electron chi connectivity index (χ3n) is 6.26. The number of H-pyrrole nitrogens is 2. The maximum absolute atomic E-state index is 12.4. The first kappa shape index (κ1) is 20.0. The minimum atomic E-state index is -0.649. The van der Waals surface area contributed by atoms with Crippen LogP contribution >= 0.6 is 0 Å². The third-order valence-corrected chi connectivity index (χ3v) is 6.26. The monoisotopic (exact) mass is 407 g/mol. The summed E-state index contributed by atoms with van der Waals surface area (Å²) in [6.07, 6.45) is 1.92. The van der Waals surface area contributed by atoms with Crippen LogP contribution in [0.1, 0.15) is 58.4 Å². The van der Waals surface area contributed by atoms with Crippen LogP contribution in [0.2, 0.25) is 0 Å². The Hall–Kier alpha value is -2.29. The number of amides is 1. The van der Waals surface area contributed by atoms with E-state index in [1.54, 1.807) is 4.90 Å². The fourth-order valence-electron chi connectivity index (χ4n) is 4.90. The van der Waals surface area contributed by atoms with Crippen LogP contribution in [0.4, 0.5) is 4.79 Å². The van der Waals surface area contributed by atoms with E-state index < -0.39 is 22.5 Å². The van der Waals surface area contributed by atoms with Crippen molar-refractivity contribution in [2.75, 3.05) is 26.3 Å². The van der Waals surface area contributed by atoms with Gasteiger partial charge in [0.1, 0.15) is 11.2 Å². The highest BCUT2D eigenvalue weighted by Crippen LogP contribution is 2.52. The first-order valence-corrected chi connectivity index (χ1v) is 10.1. The second-order valence-electron chi connectivity index (χ2n) is 9.78. The van der Waals surface area contributed by atoms with Crippen LogP contribution in [0.25, 0.3) is 0 Å². The zero-order chi connectivity index (χ0) is 21.0. The molecular formula is C20H29N3O6. The first-order chi connectivity index (χ1) is 13.5. The van der Waals surface area contributed by atoms with E-state index in [1.807, 2.05) is 27.7 Å². The van der Waals surface area contributed by atoms with Gasteiger partial charge in [-0.25, -0.2) is 9.59 Å². The standard InChI is InChI=1S/C20H29N3O6/c1-18(2,3)29-17(26)23-7-5-20(6-8-23)10-19(4)12(9-27-11-20)13-14(24)21-16(25)22-15(13)28-19/h12H,5-11H2,1-4H3,(H2,21,22,24,25)/t12-,19-/m0/s1. The molecule has 3 aliphatic heterocycles. The molecule has 1 spiro atoms. The van der Waals surface area contributed by atoms with Gasteiger partial charge in [0.25, 0.3) is 5.56 Å². The Morgan fingerprint density at radius 2 is 1.90 bits per heavy atom. The normalized spacial score (nSPS) is 28.3. The Morgan fingerprint density at radius 3 is 2.55 bits per heavy atom. The minimum Gasteiger partial charge on any atom is -0.471 e. The largest absolute Gasteiger partial charge is 0.471 e. The Morgan fingerprint density at radius 1 is 1.21 bits per heavy atom. The van der Waals surface area contributed by atoms with E-state index in [1.165, 1.54) is 0 Å². The van der Waals surface area contributed by atoms with Crippen molar-refractivity contribution in [2.45, 2.75) is 64.1 Å². The molecule has 160 valence electrons. The number of ether oxygens (including phenoxy) is 3. The maximum atomic E-state index is 12.4. The summed E-state index contributed by atoms with van der Waals surface area (Å²) in [7, 11) is 0. The molecular weight excluding hydrogens is 378 g/mol. The van der Waals surface area contributed by atoms with E-state index in [4.69, 9.17) is 14.2 Å². The van der Waals surface area contributed by atoms with Gasteiger partial charge in [0.05, 0.1) is 24.7 Å². The van der Waals surface area contributed by atoms with E-state index in [0.717, 1.165) is 12.8 Å². The molecule has 4 heterocycles. The number of nitrogens with zero attached hydrogens (tertiary/aromatic N) is 1. The van der Waals surface area contributed by atoms with Crippen molar-refractivity contribution in [3.05, 3.63) is 26.4 Å². The van der Waals surface area contributed by atoms with Crippen molar-refractivity contribution < 1.29 is 19.0 Å². The van der Waals surface area contributed by atoms with Crippen LogP contribution in [0.3, 0.4) is 0 Å². The molecule has 2 fully saturated rings. The summed E-state index contributed by atoms with van der Waals surface area (Å²) in [6.45, 7) is 9.64. The molecule has 3 aliphatic rings. The zero-order valence-electron chi connectivity index (χ0n) is 17.4. The molecule has 2 saturated heterocycles. The predicted octanol–water partition coefficient (Wildman–Crippen LogP) is 1.74. The van der Waals surface area contributed by atoms with E-state index in [0.29, 0.717) is 38.3 Å². The summed E-state index contributed by atoms with van der Waals surface area (Å²) in [5.74, 6) is -0.000508. The number of carbonyl (C=O) groups is 1. The average Bonchev–Trinajstić information content (AvgIpc) is 2.77. The number of hydrogen-bond acceptors (Lipinski definition) is 6. The predicted molar refractivity (Wildman–Crippen MR) is 104 cm³/mol. The van der Waals surface area contributed by atoms with Crippen molar-refractivity contribution in [3.8, 4) is 5.88 Å². The highest BCUT2D eigenvalue weighted by atomic mass is 16.6. The van der Waals surface area contributed by atoms with Gasteiger partial charge in [-0.15, -0.1) is 0 Å².